The summed E-state index contributed by atoms with van der Waals surface area (Å²) in [4.78, 5) is 15.5. The minimum atomic E-state index is -1.07. The molecule has 0 aliphatic rings. The maximum atomic E-state index is 11.3. The molecule has 0 saturated carbocycles. The molecule has 1 unspecified atom stereocenters. The number of nitrogens with zero attached hydrogens (tertiary/aromatic N) is 2. The summed E-state index contributed by atoms with van der Waals surface area (Å²) in [6, 6.07) is 5.27. The third-order valence-corrected chi connectivity index (χ3v) is 2.57. The Morgan fingerprint density at radius 1 is 1.53 bits per heavy atom. The molecule has 1 atom stereocenters. The number of aromatic carboxylic acids is 1. The molecule has 6 heteroatoms. The lowest BCUT2D eigenvalue weighted by atomic mass is 10.4. The van der Waals surface area contributed by atoms with Crippen molar-refractivity contribution in [3.05, 3.63) is 30.1 Å². The van der Waals surface area contributed by atoms with E-state index in [9.17, 15) is 9.90 Å². The Morgan fingerprint density at radius 3 is 3.00 bits per heavy atom. The molecule has 2 heterocycles. The zero-order chi connectivity index (χ0) is 13.8. The molecular weight excluding hydrogens is 248 g/mol. The molecule has 6 nitrogen and oxygen atoms in total. The number of carboxylic acid groups (broad SMARTS) is 1. The number of hydrogen-bond donors (Lipinski definition) is 1. The van der Waals surface area contributed by atoms with Crippen LogP contribution in [0.15, 0.2) is 24.4 Å². The maximum absolute atomic E-state index is 11.3. The highest BCUT2D eigenvalue weighted by atomic mass is 16.5. The van der Waals surface area contributed by atoms with Crippen molar-refractivity contribution in [3.8, 4) is 5.88 Å². The van der Waals surface area contributed by atoms with E-state index in [-0.39, 0.29) is 17.7 Å². The lowest BCUT2D eigenvalue weighted by Gasteiger charge is -2.12. The smallest absolute Gasteiger partial charge is 0.358 e. The fourth-order valence-electron chi connectivity index (χ4n) is 1.76. The highest BCUT2D eigenvalue weighted by molar-refractivity contribution is 5.89. The minimum absolute atomic E-state index is 0.0268. The Labute approximate surface area is 110 Å². The molecule has 0 amide bonds. The van der Waals surface area contributed by atoms with Crippen LogP contribution in [0.2, 0.25) is 0 Å². The van der Waals surface area contributed by atoms with Gasteiger partial charge in [0, 0.05) is 12.8 Å². The maximum Gasteiger partial charge on any atom is 0.358 e. The summed E-state index contributed by atoms with van der Waals surface area (Å²) in [6.07, 6.45) is 1.38. The van der Waals surface area contributed by atoms with Crippen molar-refractivity contribution in [1.29, 1.82) is 0 Å². The van der Waals surface area contributed by atoms with Gasteiger partial charge in [-0.25, -0.2) is 4.79 Å². The first-order chi connectivity index (χ1) is 9.13. The van der Waals surface area contributed by atoms with Crippen LogP contribution in [0.1, 0.15) is 24.3 Å². The van der Waals surface area contributed by atoms with Crippen molar-refractivity contribution in [3.63, 3.8) is 0 Å². The molecule has 19 heavy (non-hydrogen) atoms. The third kappa shape index (κ3) is 2.85. The number of aromatic nitrogens is 2. The van der Waals surface area contributed by atoms with Gasteiger partial charge in [0.25, 0.3) is 0 Å². The van der Waals surface area contributed by atoms with E-state index in [1.54, 1.807) is 24.4 Å². The summed E-state index contributed by atoms with van der Waals surface area (Å²) in [7, 11) is 0. The summed E-state index contributed by atoms with van der Waals surface area (Å²) in [5.41, 5.74) is 0.567. The number of pyridine rings is 1. The Kier molecular flexibility index (Phi) is 4.01. The van der Waals surface area contributed by atoms with Crippen molar-refractivity contribution >= 4 is 11.6 Å². The summed E-state index contributed by atoms with van der Waals surface area (Å²) < 4.78 is 12.3. The standard InChI is InChI=1S/C13H16N2O4/c1-3-18-8-9(2)19-12-11(13(16)17)15-7-5-4-6-10(15)14-12/h4-7,9H,3,8H2,1-2H3,(H,16,17). The zero-order valence-electron chi connectivity index (χ0n) is 10.9. The van der Waals surface area contributed by atoms with Gasteiger partial charge in [-0.3, -0.25) is 4.40 Å². The normalized spacial score (nSPS) is 12.5. The van der Waals surface area contributed by atoms with E-state index in [4.69, 9.17) is 9.47 Å². The van der Waals surface area contributed by atoms with E-state index >= 15 is 0 Å². The predicted octanol–water partition coefficient (Wildman–Crippen LogP) is 1.84. The topological polar surface area (TPSA) is 73.1 Å². The summed E-state index contributed by atoms with van der Waals surface area (Å²) in [5, 5.41) is 9.27. The van der Waals surface area contributed by atoms with E-state index in [0.717, 1.165) is 0 Å². The minimum Gasteiger partial charge on any atom is -0.476 e. The van der Waals surface area contributed by atoms with E-state index in [1.807, 2.05) is 13.8 Å². The molecule has 2 rings (SSSR count). The number of ether oxygens (including phenoxy) is 2. The van der Waals surface area contributed by atoms with Crippen LogP contribution in [0.5, 0.6) is 5.88 Å². The first-order valence-corrected chi connectivity index (χ1v) is 6.08. The monoisotopic (exact) mass is 264 g/mol. The molecule has 0 bridgehead atoms. The number of carbonyl (C=O) groups is 1. The lowest BCUT2D eigenvalue weighted by Crippen LogP contribution is -2.20. The van der Waals surface area contributed by atoms with Gasteiger partial charge >= 0.3 is 5.97 Å². The fourth-order valence-corrected chi connectivity index (χ4v) is 1.76. The van der Waals surface area contributed by atoms with Gasteiger partial charge in [0.1, 0.15) is 11.8 Å². The number of imidazole rings is 1. The first-order valence-electron chi connectivity index (χ1n) is 6.08. The Bertz CT molecular complexity index is 579. The molecule has 0 spiro atoms. The van der Waals surface area contributed by atoms with Gasteiger partial charge in [-0.1, -0.05) is 6.07 Å². The number of rotatable bonds is 6. The average molecular weight is 264 g/mol. The fraction of sp³-hybridized carbons (Fsp3) is 0.385. The Hall–Kier alpha value is -2.08. The van der Waals surface area contributed by atoms with Gasteiger partial charge in [0.15, 0.2) is 5.69 Å². The second kappa shape index (κ2) is 5.71. The van der Waals surface area contributed by atoms with Gasteiger partial charge in [0.05, 0.1) is 6.61 Å². The summed E-state index contributed by atoms with van der Waals surface area (Å²) >= 11 is 0. The van der Waals surface area contributed by atoms with Crippen molar-refractivity contribution in [2.24, 2.45) is 0 Å². The highest BCUT2D eigenvalue weighted by Crippen LogP contribution is 2.21. The van der Waals surface area contributed by atoms with Crippen LogP contribution in [0.4, 0.5) is 0 Å². The largest absolute Gasteiger partial charge is 0.476 e. The van der Waals surface area contributed by atoms with Gasteiger partial charge in [0.2, 0.25) is 5.88 Å². The van der Waals surface area contributed by atoms with Crippen molar-refractivity contribution in [1.82, 2.24) is 9.38 Å². The Morgan fingerprint density at radius 2 is 2.32 bits per heavy atom. The van der Waals surface area contributed by atoms with Crippen LogP contribution < -0.4 is 4.74 Å². The van der Waals surface area contributed by atoms with Crippen LogP contribution >= 0.6 is 0 Å². The van der Waals surface area contributed by atoms with E-state index in [2.05, 4.69) is 4.98 Å². The van der Waals surface area contributed by atoms with Gasteiger partial charge in [-0.2, -0.15) is 4.98 Å². The van der Waals surface area contributed by atoms with E-state index < -0.39 is 5.97 Å². The lowest BCUT2D eigenvalue weighted by molar-refractivity contribution is 0.0587. The molecule has 2 aromatic heterocycles. The number of fused-ring (bicyclic) bond motifs is 1. The third-order valence-electron chi connectivity index (χ3n) is 2.57. The van der Waals surface area contributed by atoms with Crippen molar-refractivity contribution in [2.45, 2.75) is 20.0 Å². The summed E-state index contributed by atoms with van der Waals surface area (Å²) in [6.45, 7) is 4.68. The number of carboxylic acids is 1. The van der Waals surface area contributed by atoms with E-state index in [0.29, 0.717) is 18.9 Å². The second-order valence-electron chi connectivity index (χ2n) is 4.09. The zero-order valence-corrected chi connectivity index (χ0v) is 10.9. The molecule has 0 radical (unpaired) electrons. The number of hydrogen-bond acceptors (Lipinski definition) is 4. The van der Waals surface area contributed by atoms with Crippen molar-refractivity contribution in [2.75, 3.05) is 13.2 Å². The summed E-state index contributed by atoms with van der Waals surface area (Å²) in [5.74, 6) is -0.955. The van der Waals surface area contributed by atoms with Crippen molar-refractivity contribution < 1.29 is 19.4 Å². The van der Waals surface area contributed by atoms with Crippen LogP contribution in [-0.2, 0) is 4.74 Å². The molecule has 0 aliphatic heterocycles. The van der Waals surface area contributed by atoms with Crippen LogP contribution in [0.25, 0.3) is 5.65 Å². The molecule has 0 saturated heterocycles. The molecule has 2 aromatic rings. The molecule has 0 fully saturated rings. The van der Waals surface area contributed by atoms with Gasteiger partial charge in [-0.15, -0.1) is 0 Å². The second-order valence-corrected chi connectivity index (χ2v) is 4.09. The average Bonchev–Trinajstić information content (AvgIpc) is 2.74. The molecule has 102 valence electrons. The molecule has 0 aromatic carbocycles. The quantitative estimate of drug-likeness (QED) is 0.861. The SMILES string of the molecule is CCOCC(C)Oc1nc2ccccn2c1C(=O)O. The van der Waals surface area contributed by atoms with Crippen LogP contribution in [0, 0.1) is 0 Å². The van der Waals surface area contributed by atoms with Gasteiger partial charge in [-0.05, 0) is 26.0 Å². The first kappa shape index (κ1) is 13.4. The highest BCUT2D eigenvalue weighted by Gasteiger charge is 2.21. The predicted molar refractivity (Wildman–Crippen MR) is 68.7 cm³/mol. The molecule has 1 N–H and O–H groups in total. The van der Waals surface area contributed by atoms with Crippen LogP contribution in [-0.4, -0.2) is 39.8 Å². The molecule has 0 aliphatic carbocycles. The van der Waals surface area contributed by atoms with Crippen LogP contribution in [0.3, 0.4) is 0 Å². The van der Waals surface area contributed by atoms with Gasteiger partial charge < -0.3 is 14.6 Å². The molecular formula is C13H16N2O4. The van der Waals surface area contributed by atoms with E-state index in [1.165, 1.54) is 4.40 Å². The Balaban J connectivity index is 2.31.